The second-order valence-electron chi connectivity index (χ2n) is 5.30. The molecule has 1 rings (SSSR count). The van der Waals surface area contributed by atoms with Crippen molar-refractivity contribution in [3.05, 3.63) is 29.8 Å². The maximum atomic E-state index is 12.6. The molecule has 0 aliphatic heterocycles. The molecule has 3 heteroatoms. The number of hydrogen-bond acceptors (Lipinski definition) is 2. The molecule has 0 saturated carbocycles. The number of rotatable bonds is 7. The Balaban J connectivity index is 2.81. The monoisotopic (exact) mass is 281 g/mol. The lowest BCUT2D eigenvalue weighted by molar-refractivity contribution is 0.500. The van der Waals surface area contributed by atoms with Crippen LogP contribution in [0.2, 0.25) is 0 Å². The smallest absolute Gasteiger partial charge is 0.0573 e. The molecule has 0 bridgehead atoms. The van der Waals surface area contributed by atoms with Gasteiger partial charge in [0, 0.05) is 10.9 Å². The maximum absolute atomic E-state index is 12.6. The van der Waals surface area contributed by atoms with Crippen LogP contribution in [0.25, 0.3) is 0 Å². The fraction of sp³-hybridized carbons (Fsp3) is 0.625. The molecule has 0 amide bonds. The Bertz CT molecular complexity index is 400. The highest BCUT2D eigenvalue weighted by atomic mass is 32.2. The SMILES string of the molecule is CCNC(CC)C(C)S(=O)c1ccc(C(C)C)cc1. The van der Waals surface area contributed by atoms with Crippen molar-refractivity contribution in [1.29, 1.82) is 0 Å². The topological polar surface area (TPSA) is 29.1 Å². The molecule has 0 saturated heterocycles. The van der Waals surface area contributed by atoms with E-state index in [1.54, 1.807) is 0 Å². The first-order chi connectivity index (χ1) is 9.01. The van der Waals surface area contributed by atoms with Crippen molar-refractivity contribution in [3.63, 3.8) is 0 Å². The average molecular weight is 281 g/mol. The zero-order chi connectivity index (χ0) is 14.4. The molecule has 2 nitrogen and oxygen atoms in total. The van der Waals surface area contributed by atoms with E-state index in [9.17, 15) is 4.21 Å². The van der Waals surface area contributed by atoms with Crippen molar-refractivity contribution in [2.24, 2.45) is 0 Å². The van der Waals surface area contributed by atoms with Crippen LogP contribution in [0.1, 0.15) is 52.5 Å². The van der Waals surface area contributed by atoms with Gasteiger partial charge in [-0.25, -0.2) is 0 Å². The van der Waals surface area contributed by atoms with E-state index >= 15 is 0 Å². The predicted molar refractivity (Wildman–Crippen MR) is 84.2 cm³/mol. The molecule has 0 aromatic heterocycles. The van der Waals surface area contributed by atoms with Gasteiger partial charge in [-0.3, -0.25) is 4.21 Å². The van der Waals surface area contributed by atoms with Crippen LogP contribution < -0.4 is 5.32 Å². The molecule has 1 N–H and O–H groups in total. The van der Waals surface area contributed by atoms with Crippen LogP contribution in [0.3, 0.4) is 0 Å². The lowest BCUT2D eigenvalue weighted by atomic mass is 10.0. The molecule has 3 atom stereocenters. The summed E-state index contributed by atoms with van der Waals surface area (Å²) in [5, 5.41) is 3.55. The molecule has 0 aliphatic rings. The molecular formula is C16H27NOS. The Morgan fingerprint density at radius 1 is 1.11 bits per heavy atom. The van der Waals surface area contributed by atoms with Crippen LogP contribution in [0, 0.1) is 0 Å². The summed E-state index contributed by atoms with van der Waals surface area (Å²) in [6, 6.07) is 8.54. The van der Waals surface area contributed by atoms with Gasteiger partial charge in [0.2, 0.25) is 0 Å². The van der Waals surface area contributed by atoms with E-state index in [1.165, 1.54) is 5.56 Å². The summed E-state index contributed by atoms with van der Waals surface area (Å²) in [5.41, 5.74) is 1.30. The Kier molecular flexibility index (Phi) is 6.73. The summed E-state index contributed by atoms with van der Waals surface area (Å²) in [7, 11) is -0.944. The molecule has 0 spiro atoms. The standard InChI is InChI=1S/C16H27NOS/c1-6-16(17-7-2)13(5)19(18)15-10-8-14(9-11-15)12(3)4/h8-13,16-17H,6-7H2,1-5H3. The third-order valence-electron chi connectivity index (χ3n) is 3.59. The second-order valence-corrected chi connectivity index (χ2v) is 7.11. The molecule has 108 valence electrons. The first kappa shape index (κ1) is 16.4. The van der Waals surface area contributed by atoms with Crippen LogP contribution in [0.4, 0.5) is 0 Å². The van der Waals surface area contributed by atoms with Gasteiger partial charge in [0.05, 0.1) is 16.0 Å². The molecule has 1 aromatic carbocycles. The van der Waals surface area contributed by atoms with Crippen LogP contribution in [0.5, 0.6) is 0 Å². The van der Waals surface area contributed by atoms with Crippen molar-refractivity contribution < 1.29 is 4.21 Å². The van der Waals surface area contributed by atoms with Gasteiger partial charge >= 0.3 is 0 Å². The zero-order valence-corrected chi connectivity index (χ0v) is 13.6. The summed E-state index contributed by atoms with van der Waals surface area (Å²) in [4.78, 5) is 0.938. The molecule has 0 radical (unpaired) electrons. The van der Waals surface area contributed by atoms with Gasteiger partial charge in [0.15, 0.2) is 0 Å². The van der Waals surface area contributed by atoms with Crippen molar-refractivity contribution >= 4 is 10.8 Å². The summed E-state index contributed by atoms with van der Waals surface area (Å²) in [5.74, 6) is 0.519. The zero-order valence-electron chi connectivity index (χ0n) is 12.8. The summed E-state index contributed by atoms with van der Waals surface area (Å²) in [6.07, 6.45) is 1.00. The molecule has 3 unspecified atom stereocenters. The quantitative estimate of drug-likeness (QED) is 0.826. The lowest BCUT2D eigenvalue weighted by Gasteiger charge is -2.23. The average Bonchev–Trinajstić information content (AvgIpc) is 2.43. The van der Waals surface area contributed by atoms with E-state index in [0.717, 1.165) is 17.9 Å². The first-order valence-electron chi connectivity index (χ1n) is 7.25. The predicted octanol–water partition coefficient (Wildman–Crippen LogP) is 3.69. The summed E-state index contributed by atoms with van der Waals surface area (Å²) in [6.45, 7) is 11.6. The van der Waals surface area contributed by atoms with E-state index in [2.05, 4.69) is 52.1 Å². The highest BCUT2D eigenvalue weighted by Crippen LogP contribution is 2.19. The van der Waals surface area contributed by atoms with Crippen molar-refractivity contribution in [1.82, 2.24) is 5.32 Å². The molecule has 19 heavy (non-hydrogen) atoms. The highest BCUT2D eigenvalue weighted by molar-refractivity contribution is 7.85. The Labute approximate surface area is 120 Å². The Hall–Kier alpha value is -0.670. The molecule has 1 aromatic rings. The number of benzene rings is 1. The number of hydrogen-bond donors (Lipinski definition) is 1. The molecule has 0 aliphatic carbocycles. The molecular weight excluding hydrogens is 254 g/mol. The third kappa shape index (κ3) is 4.43. The highest BCUT2D eigenvalue weighted by Gasteiger charge is 2.21. The van der Waals surface area contributed by atoms with Crippen molar-refractivity contribution in [2.45, 2.75) is 63.1 Å². The summed E-state index contributed by atoms with van der Waals surface area (Å²) >= 11 is 0. The van der Waals surface area contributed by atoms with Gasteiger partial charge in [-0.2, -0.15) is 0 Å². The van der Waals surface area contributed by atoms with Crippen LogP contribution in [-0.4, -0.2) is 22.0 Å². The van der Waals surface area contributed by atoms with Crippen LogP contribution in [0.15, 0.2) is 29.2 Å². The third-order valence-corrected chi connectivity index (χ3v) is 5.33. The molecule has 0 heterocycles. The fourth-order valence-corrected chi connectivity index (χ4v) is 3.68. The minimum absolute atomic E-state index is 0.134. The van der Waals surface area contributed by atoms with Crippen molar-refractivity contribution in [3.8, 4) is 0 Å². The van der Waals surface area contributed by atoms with E-state index in [4.69, 9.17) is 0 Å². The minimum atomic E-state index is -0.944. The number of nitrogens with one attached hydrogen (secondary N) is 1. The van der Waals surface area contributed by atoms with Crippen molar-refractivity contribution in [2.75, 3.05) is 6.54 Å². The Morgan fingerprint density at radius 2 is 1.68 bits per heavy atom. The van der Waals surface area contributed by atoms with E-state index < -0.39 is 10.8 Å². The second kappa shape index (κ2) is 7.81. The van der Waals surface area contributed by atoms with Gasteiger partial charge < -0.3 is 5.32 Å². The van der Waals surface area contributed by atoms with E-state index in [1.807, 2.05) is 12.1 Å². The van der Waals surface area contributed by atoms with Gasteiger partial charge in [-0.15, -0.1) is 0 Å². The van der Waals surface area contributed by atoms with Crippen LogP contribution in [-0.2, 0) is 10.8 Å². The van der Waals surface area contributed by atoms with E-state index in [-0.39, 0.29) is 5.25 Å². The van der Waals surface area contributed by atoms with E-state index in [0.29, 0.717) is 12.0 Å². The Morgan fingerprint density at radius 3 is 2.11 bits per heavy atom. The normalized spacial score (nSPS) is 16.3. The van der Waals surface area contributed by atoms with Gasteiger partial charge in [0.1, 0.15) is 0 Å². The van der Waals surface area contributed by atoms with Gasteiger partial charge in [0.25, 0.3) is 0 Å². The molecule has 0 fully saturated rings. The minimum Gasteiger partial charge on any atom is -0.313 e. The fourth-order valence-electron chi connectivity index (χ4n) is 2.26. The largest absolute Gasteiger partial charge is 0.313 e. The van der Waals surface area contributed by atoms with Gasteiger partial charge in [-0.1, -0.05) is 39.8 Å². The van der Waals surface area contributed by atoms with Gasteiger partial charge in [-0.05, 0) is 43.5 Å². The lowest BCUT2D eigenvalue weighted by Crippen LogP contribution is -2.39. The maximum Gasteiger partial charge on any atom is 0.0573 e. The summed E-state index contributed by atoms with van der Waals surface area (Å²) < 4.78 is 12.6. The van der Waals surface area contributed by atoms with Crippen LogP contribution >= 0.6 is 0 Å². The first-order valence-corrected chi connectivity index (χ1v) is 8.46.